The van der Waals surface area contributed by atoms with Crippen molar-refractivity contribution in [1.82, 2.24) is 9.13 Å². The Morgan fingerprint density at radius 2 is 2.12 bits per heavy atom. The van der Waals surface area contributed by atoms with E-state index in [-0.39, 0.29) is 6.54 Å². The lowest BCUT2D eigenvalue weighted by Gasteiger charge is -2.29. The average Bonchev–Trinajstić information content (AvgIpc) is 2.85. The molecule has 2 aromatic rings. The molecule has 0 spiro atoms. The molecule has 1 aliphatic rings. The summed E-state index contributed by atoms with van der Waals surface area (Å²) in [5, 5.41) is 9.46. The number of ether oxygens (including phenoxy) is 1. The minimum atomic E-state index is -1.23. The molecule has 1 aliphatic heterocycles. The number of fused-ring (bicyclic) bond motifs is 3. The number of carbonyl (C=O) groups is 1. The largest absolute Gasteiger partial charge is 0.480 e. The number of hydrogen-bond donors (Lipinski definition) is 1. The highest BCUT2D eigenvalue weighted by Crippen LogP contribution is 2.37. The second kappa shape index (κ2) is 5.71. The number of rotatable bonds is 4. The molecule has 0 aromatic carbocycles. The van der Waals surface area contributed by atoms with Gasteiger partial charge in [0, 0.05) is 17.8 Å². The van der Waals surface area contributed by atoms with Crippen molar-refractivity contribution in [3.63, 3.8) is 0 Å². The van der Waals surface area contributed by atoms with Crippen LogP contribution in [0.15, 0.2) is 22.2 Å². The van der Waals surface area contributed by atoms with Crippen molar-refractivity contribution >= 4 is 27.5 Å². The highest BCUT2D eigenvalue weighted by molar-refractivity contribution is 7.18. The fraction of sp³-hybridized carbons (Fsp3) is 0.438. The summed E-state index contributed by atoms with van der Waals surface area (Å²) in [6.07, 6.45) is 2.09. The fourth-order valence-electron chi connectivity index (χ4n) is 2.97. The zero-order valence-electron chi connectivity index (χ0n) is 13.5. The van der Waals surface area contributed by atoms with Crippen molar-refractivity contribution in [2.24, 2.45) is 0 Å². The van der Waals surface area contributed by atoms with E-state index in [4.69, 9.17) is 9.84 Å². The predicted molar refractivity (Wildman–Crippen MR) is 90.7 cm³/mol. The molecule has 1 N–H and O–H groups in total. The Morgan fingerprint density at radius 3 is 2.75 bits per heavy atom. The van der Waals surface area contributed by atoms with Crippen molar-refractivity contribution in [2.45, 2.75) is 45.6 Å². The Kier molecular flexibility index (Phi) is 3.97. The van der Waals surface area contributed by atoms with Gasteiger partial charge in [0.1, 0.15) is 11.4 Å². The van der Waals surface area contributed by atoms with Gasteiger partial charge in [-0.2, -0.15) is 0 Å². The maximum Gasteiger partial charge on any atom is 0.332 e. The molecule has 0 aliphatic carbocycles. The summed E-state index contributed by atoms with van der Waals surface area (Å²) in [7, 11) is 0. The van der Waals surface area contributed by atoms with Gasteiger partial charge < -0.3 is 9.84 Å². The summed E-state index contributed by atoms with van der Waals surface area (Å²) >= 11 is 1.35. The van der Waals surface area contributed by atoms with Crippen LogP contribution in [0, 0.1) is 0 Å². The zero-order valence-corrected chi connectivity index (χ0v) is 14.3. The Balaban J connectivity index is 2.40. The molecule has 0 fully saturated rings. The average molecular weight is 350 g/mol. The van der Waals surface area contributed by atoms with Crippen molar-refractivity contribution in [3.8, 4) is 0 Å². The number of aromatic nitrogens is 2. The number of aliphatic carboxylic acids is 1. The summed E-state index contributed by atoms with van der Waals surface area (Å²) in [6.45, 7) is 7.44. The second-order valence-corrected chi connectivity index (χ2v) is 7.46. The van der Waals surface area contributed by atoms with Crippen LogP contribution >= 0.6 is 11.3 Å². The molecule has 0 saturated carbocycles. The summed E-state index contributed by atoms with van der Waals surface area (Å²) in [5.74, 6) is -1.23. The third-order valence-electron chi connectivity index (χ3n) is 4.04. The van der Waals surface area contributed by atoms with Crippen molar-refractivity contribution in [1.29, 1.82) is 0 Å². The SMILES string of the molecule is C=CCn1c(=O)n(CC(=O)O)c(=O)c2c3c(sc21)COC(C)(C)C3. The highest BCUT2D eigenvalue weighted by atomic mass is 32.1. The Hall–Kier alpha value is -2.19. The van der Waals surface area contributed by atoms with Gasteiger partial charge in [-0.1, -0.05) is 6.08 Å². The number of hydrogen-bond acceptors (Lipinski definition) is 5. The van der Waals surface area contributed by atoms with Crippen LogP contribution in [0.2, 0.25) is 0 Å². The summed E-state index contributed by atoms with van der Waals surface area (Å²) in [6, 6.07) is 0. The maximum absolute atomic E-state index is 12.8. The molecule has 0 radical (unpaired) electrons. The van der Waals surface area contributed by atoms with E-state index in [1.807, 2.05) is 13.8 Å². The molecular weight excluding hydrogens is 332 g/mol. The van der Waals surface area contributed by atoms with Crippen LogP contribution in [0.4, 0.5) is 0 Å². The van der Waals surface area contributed by atoms with E-state index in [1.54, 1.807) is 6.08 Å². The minimum Gasteiger partial charge on any atom is -0.480 e. The molecule has 3 rings (SSSR count). The standard InChI is InChI=1S/C16H18N2O5S/c1-4-5-17-14-12(13(21)18(15(17)22)7-11(19)20)9-6-16(2,3)23-8-10(9)24-14/h4H,1,5-8H2,2-3H3,(H,19,20). The zero-order chi connectivity index (χ0) is 17.6. The van der Waals surface area contributed by atoms with E-state index >= 15 is 0 Å². The van der Waals surface area contributed by atoms with Crippen LogP contribution in [-0.4, -0.2) is 25.8 Å². The molecule has 0 atom stereocenters. The molecule has 0 saturated heterocycles. The normalized spacial score (nSPS) is 16.1. The predicted octanol–water partition coefficient (Wildman–Crippen LogP) is 1.35. The van der Waals surface area contributed by atoms with E-state index in [1.165, 1.54) is 15.9 Å². The van der Waals surface area contributed by atoms with Crippen LogP contribution in [0.5, 0.6) is 0 Å². The van der Waals surface area contributed by atoms with Crippen LogP contribution in [0.3, 0.4) is 0 Å². The van der Waals surface area contributed by atoms with E-state index in [9.17, 15) is 14.4 Å². The van der Waals surface area contributed by atoms with Gasteiger partial charge in [-0.3, -0.25) is 14.2 Å². The van der Waals surface area contributed by atoms with Crippen molar-refractivity contribution in [2.75, 3.05) is 0 Å². The Morgan fingerprint density at radius 1 is 1.42 bits per heavy atom. The van der Waals surface area contributed by atoms with Gasteiger partial charge in [0.2, 0.25) is 0 Å². The summed E-state index contributed by atoms with van der Waals surface area (Å²) in [4.78, 5) is 37.9. The highest BCUT2D eigenvalue weighted by Gasteiger charge is 2.31. The second-order valence-electron chi connectivity index (χ2n) is 6.38. The monoisotopic (exact) mass is 350 g/mol. The molecule has 0 bridgehead atoms. The van der Waals surface area contributed by atoms with Crippen LogP contribution < -0.4 is 11.2 Å². The minimum absolute atomic E-state index is 0.207. The molecule has 128 valence electrons. The van der Waals surface area contributed by atoms with Gasteiger partial charge in [-0.15, -0.1) is 17.9 Å². The number of carboxylic acid groups (broad SMARTS) is 1. The molecular formula is C16H18N2O5S. The van der Waals surface area contributed by atoms with Gasteiger partial charge in [0.15, 0.2) is 0 Å². The summed E-state index contributed by atoms with van der Waals surface area (Å²) in [5.41, 5.74) is -0.737. The van der Waals surface area contributed by atoms with Crippen LogP contribution in [0.1, 0.15) is 24.3 Å². The first-order valence-corrected chi connectivity index (χ1v) is 8.31. The third kappa shape index (κ3) is 2.61. The lowest BCUT2D eigenvalue weighted by atomic mass is 9.94. The van der Waals surface area contributed by atoms with Gasteiger partial charge in [-0.05, 0) is 19.4 Å². The summed E-state index contributed by atoms with van der Waals surface area (Å²) < 4.78 is 7.97. The Labute approximate surface area is 141 Å². The number of thiophene rings is 1. The topological polar surface area (TPSA) is 90.5 Å². The molecule has 3 heterocycles. The van der Waals surface area contributed by atoms with E-state index < -0.39 is 29.4 Å². The third-order valence-corrected chi connectivity index (χ3v) is 5.27. The first-order valence-electron chi connectivity index (χ1n) is 7.49. The van der Waals surface area contributed by atoms with E-state index in [0.717, 1.165) is 15.0 Å². The van der Waals surface area contributed by atoms with Gasteiger partial charge in [-0.25, -0.2) is 9.36 Å². The smallest absolute Gasteiger partial charge is 0.332 e. The molecule has 24 heavy (non-hydrogen) atoms. The van der Waals surface area contributed by atoms with Gasteiger partial charge in [0.05, 0.1) is 17.6 Å². The van der Waals surface area contributed by atoms with Gasteiger partial charge >= 0.3 is 11.7 Å². The molecule has 0 unspecified atom stereocenters. The van der Waals surface area contributed by atoms with Crippen LogP contribution in [0.25, 0.3) is 10.2 Å². The number of allylic oxidation sites excluding steroid dienone is 1. The first kappa shape index (κ1) is 16.7. The quantitative estimate of drug-likeness (QED) is 0.841. The van der Waals surface area contributed by atoms with Crippen molar-refractivity contribution < 1.29 is 14.6 Å². The number of carboxylic acids is 1. The number of nitrogens with zero attached hydrogens (tertiary/aromatic N) is 2. The van der Waals surface area contributed by atoms with Gasteiger partial charge in [0.25, 0.3) is 5.56 Å². The molecule has 8 heteroatoms. The van der Waals surface area contributed by atoms with E-state index in [0.29, 0.717) is 23.2 Å². The lowest BCUT2D eigenvalue weighted by molar-refractivity contribution is -0.137. The Bertz CT molecular complexity index is 963. The fourth-order valence-corrected chi connectivity index (χ4v) is 4.19. The molecule has 7 nitrogen and oxygen atoms in total. The molecule has 0 amide bonds. The first-order chi connectivity index (χ1) is 11.2. The lowest BCUT2D eigenvalue weighted by Crippen LogP contribution is -2.41. The van der Waals surface area contributed by atoms with Crippen LogP contribution in [-0.2, 0) is 35.6 Å². The van der Waals surface area contributed by atoms with E-state index in [2.05, 4.69) is 6.58 Å². The van der Waals surface area contributed by atoms with Crippen molar-refractivity contribution in [3.05, 3.63) is 43.9 Å². The molecule has 2 aromatic heterocycles. The maximum atomic E-state index is 12.8.